The number of aryl methyl sites for hydroxylation is 1. The molecule has 7 aromatic rings. The number of hydrogen-bond acceptors (Lipinski definition) is 3. The van der Waals surface area contributed by atoms with Gasteiger partial charge in [0.2, 0.25) is 0 Å². The minimum Gasteiger partial charge on any atom is -0.501 e. The van der Waals surface area contributed by atoms with Crippen molar-refractivity contribution in [3.63, 3.8) is 0 Å². The van der Waals surface area contributed by atoms with E-state index in [0.29, 0.717) is 0 Å². The van der Waals surface area contributed by atoms with E-state index in [0.717, 1.165) is 69.3 Å². The van der Waals surface area contributed by atoms with E-state index < -0.39 is 8.07 Å². The molecular weight excluding hydrogens is 817 g/mol. The molecule has 1 aliphatic carbocycles. The van der Waals surface area contributed by atoms with E-state index in [1.54, 1.807) is 0 Å². The summed E-state index contributed by atoms with van der Waals surface area (Å²) in [5, 5.41) is 3.75. The molecule has 0 N–H and O–H groups in total. The zero-order valence-electron chi connectivity index (χ0n) is 30.6. The Morgan fingerprint density at radius 2 is 1.55 bits per heavy atom. The van der Waals surface area contributed by atoms with Gasteiger partial charge in [-0.3, -0.25) is 0 Å². The monoisotopic (exact) mass is 863 g/mol. The van der Waals surface area contributed by atoms with Gasteiger partial charge in [0.15, 0.2) is 0 Å². The molecular formula is C46H46IrN2OSi-2. The number of hydrogen-bond donors (Lipinski definition) is 0. The Morgan fingerprint density at radius 1 is 0.765 bits per heavy atom. The van der Waals surface area contributed by atoms with E-state index in [2.05, 4.69) is 125 Å². The third kappa shape index (κ3) is 8.17. The van der Waals surface area contributed by atoms with Gasteiger partial charge in [-0.05, 0) is 77.4 Å². The third-order valence-corrected chi connectivity index (χ3v) is 11.6. The van der Waals surface area contributed by atoms with Gasteiger partial charge in [-0.2, -0.15) is 0 Å². The molecule has 5 heteroatoms. The van der Waals surface area contributed by atoms with E-state index in [1.807, 2.05) is 36.5 Å². The Kier molecular flexibility index (Phi) is 10.9. The van der Waals surface area contributed by atoms with Crippen LogP contribution in [-0.4, -0.2) is 18.0 Å². The van der Waals surface area contributed by atoms with Crippen LogP contribution in [0.25, 0.3) is 55.6 Å². The minimum atomic E-state index is -1.37. The fraction of sp³-hybridized carbons (Fsp3) is 0.261. The van der Waals surface area contributed by atoms with Crippen molar-refractivity contribution in [1.29, 1.82) is 0 Å². The Hall–Kier alpha value is -4.15. The van der Waals surface area contributed by atoms with Crippen molar-refractivity contribution >= 4 is 35.2 Å². The molecule has 0 spiro atoms. The molecule has 0 aliphatic heterocycles. The first-order valence-corrected chi connectivity index (χ1v) is 21.4. The van der Waals surface area contributed by atoms with Crippen molar-refractivity contribution in [3.05, 3.63) is 138 Å². The second kappa shape index (κ2) is 15.2. The van der Waals surface area contributed by atoms with Gasteiger partial charge < -0.3 is 14.4 Å². The number of aromatic nitrogens is 2. The fourth-order valence-electron chi connectivity index (χ4n) is 7.20. The summed E-state index contributed by atoms with van der Waals surface area (Å²) >= 11 is 0. The predicted molar refractivity (Wildman–Crippen MR) is 213 cm³/mol. The fourth-order valence-corrected chi connectivity index (χ4v) is 8.77. The van der Waals surface area contributed by atoms with Gasteiger partial charge in [0.05, 0.1) is 13.7 Å². The van der Waals surface area contributed by atoms with Crippen LogP contribution in [0.2, 0.25) is 19.6 Å². The van der Waals surface area contributed by atoms with E-state index >= 15 is 0 Å². The summed E-state index contributed by atoms with van der Waals surface area (Å²) in [6.45, 7) is 14.1. The number of nitrogens with zero attached hydrogens (tertiary/aromatic N) is 2. The molecule has 1 aliphatic rings. The first-order chi connectivity index (χ1) is 24.0. The van der Waals surface area contributed by atoms with Gasteiger partial charge in [-0.25, -0.2) is 0 Å². The number of fused-ring (bicyclic) bond motifs is 4. The molecule has 0 saturated heterocycles. The average molecular weight is 863 g/mol. The van der Waals surface area contributed by atoms with Crippen LogP contribution in [0.1, 0.15) is 50.3 Å². The normalized spacial score (nSPS) is 12.9. The molecule has 3 nitrogen and oxygen atoms in total. The van der Waals surface area contributed by atoms with Gasteiger partial charge >= 0.3 is 0 Å². The molecule has 3 heterocycles. The molecule has 0 atom stereocenters. The largest absolute Gasteiger partial charge is 0.501 e. The molecule has 51 heavy (non-hydrogen) atoms. The Labute approximate surface area is 317 Å². The predicted octanol–water partition coefficient (Wildman–Crippen LogP) is 11.7. The molecule has 0 bridgehead atoms. The van der Waals surface area contributed by atoms with Gasteiger partial charge in [0.25, 0.3) is 0 Å². The van der Waals surface area contributed by atoms with E-state index in [-0.39, 0.29) is 25.5 Å². The quantitative estimate of drug-likeness (QED) is 0.128. The second-order valence-corrected chi connectivity index (χ2v) is 20.8. The van der Waals surface area contributed by atoms with E-state index in [4.69, 9.17) is 14.4 Å². The van der Waals surface area contributed by atoms with Crippen LogP contribution in [0.5, 0.6) is 0 Å². The van der Waals surface area contributed by atoms with Crippen molar-refractivity contribution in [2.75, 3.05) is 0 Å². The smallest absolute Gasteiger partial charge is 0.121 e. The van der Waals surface area contributed by atoms with Crippen LogP contribution in [0.3, 0.4) is 0 Å². The number of pyridine rings is 2. The number of furan rings is 1. The summed E-state index contributed by atoms with van der Waals surface area (Å²) in [5.74, 6) is 0. The molecule has 0 saturated carbocycles. The SMILES string of the molecule is CC(C)(C)Cc1cc(-c2[c-]cccc2)ncc1[Si](C)(C)C.[Ir].[c-]1ccc2c(oc3cc(-c4ccccc4)ccc32)c1-c1nccc2c1CCCC2. The molecule has 0 fully saturated rings. The van der Waals surface area contributed by atoms with Crippen molar-refractivity contribution in [3.8, 4) is 33.6 Å². The standard InChI is InChI=1S/C27H20NO.C19H26NSi.Ir/c1-2-7-18(8-3-1)20-13-14-22-23-11-6-12-24(27(23)29-25(22)17-20)26-21-10-5-4-9-19(21)15-16-28-26;1-19(2,3)13-16-12-17(15-10-8-7-9-11-15)20-14-18(16)21(4,5)6;/h1-3,6-8,11,13-17H,4-5,9-10H2;7-10,12,14H,13H2,1-6H3;/q2*-1;. The van der Waals surface area contributed by atoms with Gasteiger partial charge in [-0.1, -0.05) is 117 Å². The number of benzene rings is 4. The first-order valence-electron chi connectivity index (χ1n) is 17.9. The first kappa shape index (κ1) is 36.6. The van der Waals surface area contributed by atoms with Crippen LogP contribution in [-0.2, 0) is 39.4 Å². The van der Waals surface area contributed by atoms with Crippen molar-refractivity contribution < 1.29 is 24.5 Å². The summed E-state index contributed by atoms with van der Waals surface area (Å²) in [6.07, 6.45) is 9.85. The van der Waals surface area contributed by atoms with Crippen LogP contribution in [0.15, 0.2) is 114 Å². The Morgan fingerprint density at radius 3 is 2.29 bits per heavy atom. The van der Waals surface area contributed by atoms with Crippen LogP contribution in [0.4, 0.5) is 0 Å². The third-order valence-electron chi connectivity index (χ3n) is 9.56. The van der Waals surface area contributed by atoms with Crippen molar-refractivity contribution in [2.24, 2.45) is 5.41 Å². The maximum Gasteiger partial charge on any atom is 0.121 e. The second-order valence-electron chi connectivity index (χ2n) is 15.8. The Bertz CT molecular complexity index is 2260. The average Bonchev–Trinajstić information content (AvgIpc) is 3.49. The zero-order chi connectivity index (χ0) is 34.9. The summed E-state index contributed by atoms with van der Waals surface area (Å²) < 4.78 is 6.42. The van der Waals surface area contributed by atoms with Crippen LogP contribution >= 0.6 is 0 Å². The molecule has 3 aromatic heterocycles. The number of rotatable bonds is 5. The molecule has 4 aromatic carbocycles. The van der Waals surface area contributed by atoms with Crippen LogP contribution < -0.4 is 5.19 Å². The van der Waals surface area contributed by atoms with Gasteiger partial charge in [0, 0.05) is 37.9 Å². The summed E-state index contributed by atoms with van der Waals surface area (Å²) in [4.78, 5) is 9.47. The van der Waals surface area contributed by atoms with Crippen LogP contribution in [0, 0.1) is 17.5 Å². The van der Waals surface area contributed by atoms with Crippen molar-refractivity contribution in [2.45, 2.75) is 72.5 Å². The maximum atomic E-state index is 6.42. The van der Waals surface area contributed by atoms with Gasteiger partial charge in [0.1, 0.15) is 5.58 Å². The zero-order valence-corrected chi connectivity index (χ0v) is 34.0. The van der Waals surface area contributed by atoms with Gasteiger partial charge in [-0.15, -0.1) is 54.1 Å². The maximum absolute atomic E-state index is 6.42. The summed E-state index contributed by atoms with van der Waals surface area (Å²) in [6, 6.07) is 40.2. The summed E-state index contributed by atoms with van der Waals surface area (Å²) in [7, 11) is -1.37. The molecule has 0 amide bonds. The topological polar surface area (TPSA) is 38.9 Å². The van der Waals surface area contributed by atoms with Crippen molar-refractivity contribution in [1.82, 2.24) is 9.97 Å². The minimum absolute atomic E-state index is 0. The summed E-state index contributed by atoms with van der Waals surface area (Å²) in [5.41, 5.74) is 12.8. The molecule has 0 unspecified atom stereocenters. The molecule has 261 valence electrons. The van der Waals surface area contributed by atoms with E-state index in [9.17, 15) is 0 Å². The molecule has 8 rings (SSSR count). The molecule has 1 radical (unpaired) electrons. The van der Waals surface area contributed by atoms with E-state index in [1.165, 1.54) is 40.3 Å². The Balaban J connectivity index is 0.000000182.